The van der Waals surface area contributed by atoms with Crippen molar-refractivity contribution in [3.05, 3.63) is 100 Å². The van der Waals surface area contributed by atoms with Crippen LogP contribution in [-0.4, -0.2) is 35.1 Å². The molecule has 0 saturated carbocycles. The van der Waals surface area contributed by atoms with Crippen LogP contribution in [0.1, 0.15) is 24.5 Å². The first kappa shape index (κ1) is 26.1. The minimum atomic E-state index is -0.647. The van der Waals surface area contributed by atoms with E-state index in [0.717, 1.165) is 16.0 Å². The molecule has 0 aromatic heterocycles. The second-order valence-electron chi connectivity index (χ2n) is 7.77. The van der Waals surface area contributed by atoms with Gasteiger partial charge in [0.25, 0.3) is 0 Å². The molecule has 0 saturated heterocycles. The van der Waals surface area contributed by atoms with Crippen LogP contribution in [0, 0.1) is 0 Å². The van der Waals surface area contributed by atoms with Gasteiger partial charge in [-0.1, -0.05) is 71.7 Å². The van der Waals surface area contributed by atoms with Crippen molar-refractivity contribution >= 4 is 46.8 Å². The van der Waals surface area contributed by atoms with E-state index < -0.39 is 6.04 Å². The van der Waals surface area contributed by atoms with E-state index in [4.69, 9.17) is 23.2 Å². The highest BCUT2D eigenvalue weighted by atomic mass is 35.5. The summed E-state index contributed by atoms with van der Waals surface area (Å²) in [5, 5.41) is 4.16. The minimum Gasteiger partial charge on any atom is -0.355 e. The molecule has 0 radical (unpaired) electrons. The molecule has 7 heteroatoms. The summed E-state index contributed by atoms with van der Waals surface area (Å²) in [7, 11) is 0. The molecule has 2 amide bonds. The number of rotatable bonds is 11. The SMILES string of the molecule is CCNC(=O)C(Cc1ccccc1)N(Cc1ccccc1Cl)C(=O)CCSc1ccc(Cl)cc1. The molecule has 0 bridgehead atoms. The third-order valence-electron chi connectivity index (χ3n) is 5.32. The van der Waals surface area contributed by atoms with Gasteiger partial charge >= 0.3 is 0 Å². The molecule has 0 aliphatic heterocycles. The van der Waals surface area contributed by atoms with Gasteiger partial charge in [-0.15, -0.1) is 11.8 Å². The van der Waals surface area contributed by atoms with E-state index in [1.54, 1.807) is 22.7 Å². The summed E-state index contributed by atoms with van der Waals surface area (Å²) in [4.78, 5) is 29.4. The van der Waals surface area contributed by atoms with Gasteiger partial charge in [0.05, 0.1) is 0 Å². The molecule has 0 heterocycles. The summed E-state index contributed by atoms with van der Waals surface area (Å²) >= 11 is 14.0. The Bertz CT molecular complexity index is 1080. The quantitative estimate of drug-likeness (QED) is 0.307. The number of halogens is 2. The molecule has 1 unspecified atom stereocenters. The molecular formula is C27H28Cl2N2O2S. The van der Waals surface area contributed by atoms with Crippen LogP contribution in [0.15, 0.2) is 83.8 Å². The highest BCUT2D eigenvalue weighted by Crippen LogP contribution is 2.24. The molecule has 1 N–H and O–H groups in total. The van der Waals surface area contributed by atoms with Gasteiger partial charge in [0.15, 0.2) is 0 Å². The second kappa shape index (κ2) is 13.4. The van der Waals surface area contributed by atoms with Gasteiger partial charge in [-0.25, -0.2) is 0 Å². The van der Waals surface area contributed by atoms with Crippen molar-refractivity contribution in [1.29, 1.82) is 0 Å². The fraction of sp³-hybridized carbons (Fsp3) is 0.259. The van der Waals surface area contributed by atoms with Crippen molar-refractivity contribution in [2.75, 3.05) is 12.3 Å². The van der Waals surface area contributed by atoms with Crippen molar-refractivity contribution < 1.29 is 9.59 Å². The van der Waals surface area contributed by atoms with Gasteiger partial charge in [-0.2, -0.15) is 0 Å². The molecule has 1 atom stereocenters. The fourth-order valence-electron chi connectivity index (χ4n) is 3.59. The van der Waals surface area contributed by atoms with E-state index in [2.05, 4.69) is 5.32 Å². The molecule has 3 rings (SSSR count). The Kier molecular flexibility index (Phi) is 10.3. The molecule has 0 spiro atoms. The van der Waals surface area contributed by atoms with Crippen LogP contribution in [0.3, 0.4) is 0 Å². The van der Waals surface area contributed by atoms with E-state index in [1.807, 2.05) is 79.7 Å². The van der Waals surface area contributed by atoms with Crippen molar-refractivity contribution in [3.8, 4) is 0 Å². The topological polar surface area (TPSA) is 49.4 Å². The highest BCUT2D eigenvalue weighted by molar-refractivity contribution is 7.99. The van der Waals surface area contributed by atoms with E-state index in [0.29, 0.717) is 35.2 Å². The van der Waals surface area contributed by atoms with Crippen LogP contribution in [0.5, 0.6) is 0 Å². The maximum absolute atomic E-state index is 13.5. The van der Waals surface area contributed by atoms with E-state index in [9.17, 15) is 9.59 Å². The van der Waals surface area contributed by atoms with Crippen molar-refractivity contribution in [1.82, 2.24) is 10.2 Å². The van der Waals surface area contributed by atoms with Gasteiger partial charge in [0, 0.05) is 46.6 Å². The monoisotopic (exact) mass is 514 g/mol. The molecular weight excluding hydrogens is 487 g/mol. The van der Waals surface area contributed by atoms with Crippen molar-refractivity contribution in [2.24, 2.45) is 0 Å². The zero-order chi connectivity index (χ0) is 24.3. The smallest absolute Gasteiger partial charge is 0.243 e. The molecule has 3 aromatic rings. The van der Waals surface area contributed by atoms with E-state index in [1.165, 1.54) is 0 Å². The lowest BCUT2D eigenvalue weighted by Crippen LogP contribution is -2.50. The maximum Gasteiger partial charge on any atom is 0.243 e. The average Bonchev–Trinajstić information content (AvgIpc) is 2.84. The first-order valence-corrected chi connectivity index (χ1v) is 12.9. The fourth-order valence-corrected chi connectivity index (χ4v) is 4.75. The predicted octanol–water partition coefficient (Wildman–Crippen LogP) is 6.25. The largest absolute Gasteiger partial charge is 0.355 e. The number of likely N-dealkylation sites (N-methyl/N-ethyl adjacent to an activating group) is 1. The number of hydrogen-bond acceptors (Lipinski definition) is 3. The zero-order valence-corrected chi connectivity index (χ0v) is 21.4. The first-order valence-electron chi connectivity index (χ1n) is 11.2. The number of benzene rings is 3. The van der Waals surface area contributed by atoms with Crippen LogP contribution < -0.4 is 5.32 Å². The molecule has 34 heavy (non-hydrogen) atoms. The third-order valence-corrected chi connectivity index (χ3v) is 6.95. The number of carbonyl (C=O) groups is 2. The summed E-state index contributed by atoms with van der Waals surface area (Å²) in [6.07, 6.45) is 0.718. The molecule has 4 nitrogen and oxygen atoms in total. The van der Waals surface area contributed by atoms with Crippen LogP contribution in [-0.2, 0) is 22.6 Å². The number of thioether (sulfide) groups is 1. The Morgan fingerprint density at radius 1 is 0.941 bits per heavy atom. The summed E-state index contributed by atoms with van der Waals surface area (Å²) in [6.45, 7) is 2.63. The summed E-state index contributed by atoms with van der Waals surface area (Å²) in [6, 6.07) is 24.1. The number of nitrogens with zero attached hydrogens (tertiary/aromatic N) is 1. The zero-order valence-electron chi connectivity index (χ0n) is 19.0. The Morgan fingerprint density at radius 2 is 1.62 bits per heavy atom. The lowest BCUT2D eigenvalue weighted by atomic mass is 10.0. The second-order valence-corrected chi connectivity index (χ2v) is 9.78. The normalized spacial score (nSPS) is 11.6. The predicted molar refractivity (Wildman–Crippen MR) is 141 cm³/mol. The standard InChI is InChI=1S/C27H28Cl2N2O2S/c1-2-30-27(33)25(18-20-8-4-3-5-9-20)31(19-21-10-6-7-11-24(21)29)26(32)16-17-34-23-14-12-22(28)13-15-23/h3-15,25H,2,16-19H2,1H3,(H,30,33). The van der Waals surface area contributed by atoms with E-state index in [-0.39, 0.29) is 18.4 Å². The minimum absolute atomic E-state index is 0.0893. The Hall–Kier alpha value is -2.47. The molecule has 0 fully saturated rings. The molecule has 3 aromatic carbocycles. The first-order chi connectivity index (χ1) is 16.5. The third kappa shape index (κ3) is 7.79. The molecule has 178 valence electrons. The molecule has 0 aliphatic rings. The number of nitrogens with one attached hydrogen (secondary N) is 1. The van der Waals surface area contributed by atoms with Gasteiger partial charge < -0.3 is 10.2 Å². The van der Waals surface area contributed by atoms with Crippen molar-refractivity contribution in [2.45, 2.75) is 37.2 Å². The highest BCUT2D eigenvalue weighted by Gasteiger charge is 2.30. The van der Waals surface area contributed by atoms with Gasteiger partial charge in [0.1, 0.15) is 6.04 Å². The summed E-state index contributed by atoms with van der Waals surface area (Å²) < 4.78 is 0. The van der Waals surface area contributed by atoms with Crippen LogP contribution in [0.2, 0.25) is 10.0 Å². The molecule has 0 aliphatic carbocycles. The van der Waals surface area contributed by atoms with Crippen LogP contribution in [0.4, 0.5) is 0 Å². The Balaban J connectivity index is 1.82. The lowest BCUT2D eigenvalue weighted by molar-refractivity contribution is -0.140. The summed E-state index contributed by atoms with van der Waals surface area (Å²) in [5.41, 5.74) is 1.80. The maximum atomic E-state index is 13.5. The average molecular weight is 516 g/mol. The van der Waals surface area contributed by atoms with Crippen molar-refractivity contribution in [3.63, 3.8) is 0 Å². The Labute approximate surface area is 215 Å². The number of hydrogen-bond donors (Lipinski definition) is 1. The van der Waals surface area contributed by atoms with Crippen LogP contribution >= 0.6 is 35.0 Å². The van der Waals surface area contributed by atoms with Gasteiger partial charge in [0.2, 0.25) is 11.8 Å². The van der Waals surface area contributed by atoms with Gasteiger partial charge in [-0.3, -0.25) is 9.59 Å². The number of amides is 2. The van der Waals surface area contributed by atoms with E-state index >= 15 is 0 Å². The Morgan fingerprint density at radius 3 is 2.29 bits per heavy atom. The number of carbonyl (C=O) groups excluding carboxylic acids is 2. The lowest BCUT2D eigenvalue weighted by Gasteiger charge is -2.31. The van der Waals surface area contributed by atoms with Crippen LogP contribution in [0.25, 0.3) is 0 Å². The van der Waals surface area contributed by atoms with Gasteiger partial charge in [-0.05, 0) is 48.4 Å². The summed E-state index contributed by atoms with van der Waals surface area (Å²) in [5.74, 6) is 0.332.